The topological polar surface area (TPSA) is 116 Å². The van der Waals surface area contributed by atoms with Gasteiger partial charge in [-0.15, -0.1) is 0 Å². The molecule has 0 aromatic heterocycles. The lowest BCUT2D eigenvalue weighted by Gasteiger charge is -2.05. The summed E-state index contributed by atoms with van der Waals surface area (Å²) in [6.45, 7) is 2.84. The Morgan fingerprint density at radius 2 is 1.35 bits per heavy atom. The molecule has 0 fully saturated rings. The molecule has 0 saturated carbocycles. The summed E-state index contributed by atoms with van der Waals surface area (Å²) in [4.78, 5) is 19.5. The quantitative estimate of drug-likeness (QED) is 0.407. The van der Waals surface area contributed by atoms with Gasteiger partial charge in [0.1, 0.15) is 11.5 Å². The monoisotopic (exact) mass is 362 g/mol. The highest BCUT2D eigenvalue weighted by Gasteiger charge is 2.04. The summed E-state index contributed by atoms with van der Waals surface area (Å²) in [6, 6.07) is 11.2. The second-order valence-electron chi connectivity index (χ2n) is 5.43. The van der Waals surface area contributed by atoms with Gasteiger partial charge in [-0.1, -0.05) is 26.2 Å². The minimum absolute atomic E-state index is 0.0159. The lowest BCUT2D eigenvalue weighted by Crippen LogP contribution is -1.97. The van der Waals surface area contributed by atoms with Crippen LogP contribution < -0.4 is 4.74 Å². The first-order valence-electron chi connectivity index (χ1n) is 8.24. The summed E-state index contributed by atoms with van der Waals surface area (Å²) in [6.07, 6.45) is 4.63. The average Bonchev–Trinajstić information content (AvgIpc) is 2.63. The Bertz CT molecular complexity index is 686. The van der Waals surface area contributed by atoms with Crippen LogP contribution in [0.15, 0.2) is 48.5 Å². The summed E-state index contributed by atoms with van der Waals surface area (Å²) in [5, 5.41) is 29.2. The van der Waals surface area contributed by atoms with Crippen molar-refractivity contribution in [3.05, 3.63) is 68.8 Å². The van der Waals surface area contributed by atoms with Crippen molar-refractivity contribution in [1.29, 1.82) is 0 Å². The van der Waals surface area contributed by atoms with E-state index in [0.29, 0.717) is 12.4 Å². The van der Waals surface area contributed by atoms with E-state index in [1.807, 2.05) is 0 Å². The molecule has 0 aliphatic heterocycles. The summed E-state index contributed by atoms with van der Waals surface area (Å²) in [5.41, 5.74) is 0.0798. The van der Waals surface area contributed by atoms with Crippen LogP contribution >= 0.6 is 0 Å². The van der Waals surface area contributed by atoms with E-state index in [1.165, 1.54) is 55.7 Å². The first kappa shape index (κ1) is 20.9. The number of hydrogen-bond acceptors (Lipinski definition) is 6. The molecule has 0 saturated heterocycles. The second kappa shape index (κ2) is 11.4. The largest absolute Gasteiger partial charge is 0.508 e. The summed E-state index contributed by atoms with van der Waals surface area (Å²) in [5.74, 6) is 0.729. The van der Waals surface area contributed by atoms with Crippen molar-refractivity contribution < 1.29 is 19.7 Å². The van der Waals surface area contributed by atoms with Crippen molar-refractivity contribution >= 4 is 11.4 Å². The zero-order chi connectivity index (χ0) is 19.4. The molecule has 0 aliphatic carbocycles. The number of hydrogen-bond donors (Lipinski definition) is 1. The first-order valence-corrected chi connectivity index (χ1v) is 8.24. The Balaban J connectivity index is 0.000000289. The van der Waals surface area contributed by atoms with Crippen LogP contribution in [0.5, 0.6) is 11.5 Å². The van der Waals surface area contributed by atoms with Crippen LogP contribution in [0.25, 0.3) is 0 Å². The van der Waals surface area contributed by atoms with Crippen molar-refractivity contribution in [3.8, 4) is 11.5 Å². The number of rotatable bonds is 8. The fraction of sp³-hybridized carbons (Fsp3) is 0.333. The average molecular weight is 362 g/mol. The molecule has 0 spiro atoms. The highest BCUT2D eigenvalue weighted by Crippen LogP contribution is 2.17. The maximum Gasteiger partial charge on any atom is 0.269 e. The van der Waals surface area contributed by atoms with Crippen LogP contribution in [0.1, 0.15) is 32.6 Å². The van der Waals surface area contributed by atoms with E-state index < -0.39 is 9.85 Å². The van der Waals surface area contributed by atoms with E-state index in [0.717, 1.165) is 6.42 Å². The minimum atomic E-state index is -0.514. The number of nitrogens with zero attached hydrogens (tertiary/aromatic N) is 2. The van der Waals surface area contributed by atoms with Gasteiger partial charge in [-0.25, -0.2) is 0 Å². The van der Waals surface area contributed by atoms with Crippen molar-refractivity contribution in [2.24, 2.45) is 0 Å². The van der Waals surface area contributed by atoms with Gasteiger partial charge in [-0.05, 0) is 30.7 Å². The normalized spacial score (nSPS) is 9.73. The Morgan fingerprint density at radius 3 is 1.81 bits per heavy atom. The molecule has 0 heterocycles. The fourth-order valence-corrected chi connectivity index (χ4v) is 1.96. The molecule has 2 aromatic carbocycles. The van der Waals surface area contributed by atoms with Crippen molar-refractivity contribution in [2.75, 3.05) is 6.61 Å². The molecule has 26 heavy (non-hydrogen) atoms. The van der Waals surface area contributed by atoms with Crippen LogP contribution in [0.3, 0.4) is 0 Å². The Labute approximate surface area is 151 Å². The summed E-state index contributed by atoms with van der Waals surface area (Å²) >= 11 is 0. The SMILES string of the molecule is CCCCCCOc1ccc([N+](=O)[O-])cc1.O=[N+]([O-])c1ccc(O)cc1. The number of nitro groups is 2. The van der Waals surface area contributed by atoms with Gasteiger partial charge in [0, 0.05) is 24.3 Å². The van der Waals surface area contributed by atoms with Crippen molar-refractivity contribution in [2.45, 2.75) is 32.6 Å². The smallest absolute Gasteiger partial charge is 0.269 e. The molecule has 140 valence electrons. The number of ether oxygens (including phenoxy) is 1. The van der Waals surface area contributed by atoms with Crippen LogP contribution in [-0.4, -0.2) is 21.6 Å². The van der Waals surface area contributed by atoms with Gasteiger partial charge in [0.05, 0.1) is 16.5 Å². The molecule has 2 aromatic rings. The van der Waals surface area contributed by atoms with E-state index in [9.17, 15) is 20.2 Å². The lowest BCUT2D eigenvalue weighted by molar-refractivity contribution is -0.385. The fourth-order valence-electron chi connectivity index (χ4n) is 1.96. The third-order valence-electron chi connectivity index (χ3n) is 3.37. The molecule has 8 nitrogen and oxygen atoms in total. The predicted octanol–water partition coefficient (Wildman–Crippen LogP) is 4.85. The molecule has 8 heteroatoms. The number of unbranched alkanes of at least 4 members (excludes halogenated alkanes) is 3. The molecule has 0 radical (unpaired) electrons. The van der Waals surface area contributed by atoms with Gasteiger partial charge >= 0.3 is 0 Å². The van der Waals surface area contributed by atoms with Crippen LogP contribution in [0, 0.1) is 20.2 Å². The summed E-state index contributed by atoms with van der Waals surface area (Å²) < 4.78 is 5.46. The van der Waals surface area contributed by atoms with Gasteiger partial charge in [-0.3, -0.25) is 20.2 Å². The highest BCUT2D eigenvalue weighted by molar-refractivity contribution is 5.36. The van der Waals surface area contributed by atoms with Gasteiger partial charge in [0.25, 0.3) is 11.4 Å². The number of aromatic hydroxyl groups is 1. The Kier molecular flexibility index (Phi) is 9.16. The molecule has 0 bridgehead atoms. The number of phenols is 1. The molecule has 0 atom stereocenters. The molecule has 0 unspecified atom stereocenters. The molecule has 0 amide bonds. The number of phenolic OH excluding ortho intramolecular Hbond substituents is 1. The van der Waals surface area contributed by atoms with Crippen molar-refractivity contribution in [3.63, 3.8) is 0 Å². The van der Waals surface area contributed by atoms with E-state index in [1.54, 1.807) is 12.1 Å². The molecule has 0 aliphatic rings. The maximum absolute atomic E-state index is 10.4. The van der Waals surface area contributed by atoms with Crippen LogP contribution in [0.2, 0.25) is 0 Å². The Hall–Kier alpha value is -3.16. The third-order valence-corrected chi connectivity index (χ3v) is 3.37. The zero-order valence-electron chi connectivity index (χ0n) is 14.5. The number of benzene rings is 2. The standard InChI is InChI=1S/C12H17NO3.C6H5NO3/c1-2-3-4-5-10-16-12-8-6-11(7-9-12)13(14)15;8-6-3-1-5(2-4-6)7(9)10/h6-9H,2-5,10H2,1H3;1-4,8H. The van der Waals surface area contributed by atoms with Crippen LogP contribution in [-0.2, 0) is 0 Å². The minimum Gasteiger partial charge on any atom is -0.508 e. The lowest BCUT2D eigenvalue weighted by atomic mass is 10.2. The van der Waals surface area contributed by atoms with E-state index in [4.69, 9.17) is 9.84 Å². The molecular weight excluding hydrogens is 340 g/mol. The van der Waals surface area contributed by atoms with Crippen LogP contribution in [0.4, 0.5) is 11.4 Å². The first-order chi connectivity index (χ1) is 12.4. The Morgan fingerprint density at radius 1 is 0.846 bits per heavy atom. The van der Waals surface area contributed by atoms with E-state index in [-0.39, 0.29) is 17.1 Å². The van der Waals surface area contributed by atoms with Gasteiger partial charge in [-0.2, -0.15) is 0 Å². The van der Waals surface area contributed by atoms with Crippen molar-refractivity contribution in [1.82, 2.24) is 0 Å². The maximum atomic E-state index is 10.4. The number of nitro benzene ring substituents is 2. The predicted molar refractivity (Wildman–Crippen MR) is 97.5 cm³/mol. The van der Waals surface area contributed by atoms with Gasteiger partial charge in [0.2, 0.25) is 0 Å². The molecule has 1 N–H and O–H groups in total. The van der Waals surface area contributed by atoms with Gasteiger partial charge in [0.15, 0.2) is 0 Å². The second-order valence-corrected chi connectivity index (χ2v) is 5.43. The molecular formula is C18H22N2O6. The molecule has 2 rings (SSSR count). The summed E-state index contributed by atoms with van der Waals surface area (Å²) in [7, 11) is 0. The third kappa shape index (κ3) is 8.09. The zero-order valence-corrected chi connectivity index (χ0v) is 14.5. The number of non-ortho nitro benzene ring substituents is 2. The highest BCUT2D eigenvalue weighted by atomic mass is 16.6. The van der Waals surface area contributed by atoms with Gasteiger partial charge < -0.3 is 9.84 Å². The van der Waals surface area contributed by atoms with E-state index in [2.05, 4.69) is 6.92 Å². The van der Waals surface area contributed by atoms with E-state index >= 15 is 0 Å².